The van der Waals surface area contributed by atoms with Crippen LogP contribution in [0.25, 0.3) is 0 Å². The Morgan fingerprint density at radius 3 is 2.59 bits per heavy atom. The number of rotatable bonds is 7. The van der Waals surface area contributed by atoms with Gasteiger partial charge in [-0.15, -0.1) is 0 Å². The van der Waals surface area contributed by atoms with E-state index in [9.17, 15) is 22.8 Å². The van der Waals surface area contributed by atoms with Crippen molar-refractivity contribution in [1.29, 1.82) is 0 Å². The number of amides is 1. The number of alkyl halides is 3. The molecule has 1 amide bonds. The van der Waals surface area contributed by atoms with Gasteiger partial charge in [-0.1, -0.05) is 12.7 Å². The van der Waals surface area contributed by atoms with Gasteiger partial charge < -0.3 is 15.2 Å². The van der Waals surface area contributed by atoms with E-state index < -0.39 is 23.6 Å². The van der Waals surface area contributed by atoms with E-state index in [0.29, 0.717) is 6.07 Å². The Labute approximate surface area is 124 Å². The average Bonchev–Trinajstić information content (AvgIpc) is 2.43. The molecule has 0 fully saturated rings. The molecule has 0 aliphatic rings. The average molecular weight is 317 g/mol. The number of benzene rings is 1. The van der Waals surface area contributed by atoms with Crippen LogP contribution >= 0.6 is 0 Å². The van der Waals surface area contributed by atoms with E-state index in [1.54, 1.807) is 0 Å². The topological polar surface area (TPSA) is 75.6 Å². The maximum Gasteiger partial charge on any atom is 0.416 e. The zero-order valence-corrected chi connectivity index (χ0v) is 11.4. The first-order valence-electron chi connectivity index (χ1n) is 6.20. The molecule has 0 atom stereocenters. The molecule has 0 aliphatic carbocycles. The number of ether oxygens (including phenoxy) is 1. The molecule has 22 heavy (non-hydrogen) atoms. The molecule has 0 unspecified atom stereocenters. The molecule has 8 heteroatoms. The Bertz CT molecular complexity index is 570. The molecule has 1 aromatic carbocycles. The van der Waals surface area contributed by atoms with Crippen LogP contribution in [-0.2, 0) is 11.0 Å². The van der Waals surface area contributed by atoms with Crippen LogP contribution in [0.5, 0.6) is 5.75 Å². The number of aliphatic carboxylic acids is 1. The zero-order chi connectivity index (χ0) is 16.8. The maximum atomic E-state index is 12.7. The molecule has 120 valence electrons. The molecule has 1 aromatic rings. The smallest absolute Gasteiger partial charge is 0.416 e. The Morgan fingerprint density at radius 2 is 2.05 bits per heavy atom. The summed E-state index contributed by atoms with van der Waals surface area (Å²) in [5, 5.41) is 10.7. The van der Waals surface area contributed by atoms with Gasteiger partial charge in [-0.2, -0.15) is 13.2 Å². The second kappa shape index (κ2) is 7.48. The second-order valence-electron chi connectivity index (χ2n) is 4.21. The molecule has 0 radical (unpaired) electrons. The third-order valence-corrected chi connectivity index (χ3v) is 2.53. The molecule has 0 saturated carbocycles. The minimum atomic E-state index is -4.60. The number of halogens is 3. The summed E-state index contributed by atoms with van der Waals surface area (Å²) >= 11 is 0. The van der Waals surface area contributed by atoms with Crippen molar-refractivity contribution in [3.63, 3.8) is 0 Å². The minimum Gasteiger partial charge on any atom is -0.489 e. The third kappa shape index (κ3) is 5.12. The predicted octanol–water partition coefficient (Wildman–Crippen LogP) is 2.47. The van der Waals surface area contributed by atoms with Gasteiger partial charge in [-0.25, -0.2) is 0 Å². The number of carbonyl (C=O) groups excluding carboxylic acids is 1. The molecule has 0 saturated heterocycles. The van der Waals surface area contributed by atoms with E-state index in [1.807, 2.05) is 0 Å². The standard InChI is InChI=1S/C14H14F3NO4/c1-2-7-22-11-4-3-9(14(15,16)17)8-10(11)13(21)18-6-5-12(19)20/h2-4,8H,1,5-7H2,(H,18,21)(H,19,20). The molecular formula is C14H14F3NO4. The van der Waals surface area contributed by atoms with Gasteiger partial charge in [0.25, 0.3) is 5.91 Å². The highest BCUT2D eigenvalue weighted by Gasteiger charge is 2.32. The lowest BCUT2D eigenvalue weighted by molar-refractivity contribution is -0.138. The normalized spacial score (nSPS) is 10.9. The van der Waals surface area contributed by atoms with Crippen LogP contribution < -0.4 is 10.1 Å². The first kappa shape index (κ1) is 17.5. The molecule has 2 N–H and O–H groups in total. The Kier molecular flexibility index (Phi) is 5.97. The summed E-state index contributed by atoms with van der Waals surface area (Å²) in [5.74, 6) is -2.01. The van der Waals surface area contributed by atoms with E-state index in [4.69, 9.17) is 9.84 Å². The number of hydrogen-bond acceptors (Lipinski definition) is 3. The van der Waals surface area contributed by atoms with Crippen molar-refractivity contribution < 1.29 is 32.6 Å². The summed E-state index contributed by atoms with van der Waals surface area (Å²) < 4.78 is 43.3. The molecule has 0 bridgehead atoms. The minimum absolute atomic E-state index is 0.0147. The van der Waals surface area contributed by atoms with Gasteiger partial charge in [0.05, 0.1) is 17.5 Å². The lowest BCUT2D eigenvalue weighted by Gasteiger charge is -2.13. The van der Waals surface area contributed by atoms with Gasteiger partial charge in [0.15, 0.2) is 0 Å². The Hall–Kier alpha value is -2.51. The van der Waals surface area contributed by atoms with Gasteiger partial charge in [0.2, 0.25) is 0 Å². The van der Waals surface area contributed by atoms with Crippen LogP contribution in [0.4, 0.5) is 13.2 Å². The van der Waals surface area contributed by atoms with Gasteiger partial charge in [-0.05, 0) is 18.2 Å². The van der Waals surface area contributed by atoms with Gasteiger partial charge in [0, 0.05) is 6.54 Å². The summed E-state index contributed by atoms with van der Waals surface area (Å²) in [7, 11) is 0. The van der Waals surface area contributed by atoms with Crippen LogP contribution in [0.3, 0.4) is 0 Å². The molecule has 0 spiro atoms. The largest absolute Gasteiger partial charge is 0.489 e. The number of hydrogen-bond donors (Lipinski definition) is 2. The predicted molar refractivity (Wildman–Crippen MR) is 71.7 cm³/mol. The second-order valence-corrected chi connectivity index (χ2v) is 4.21. The monoisotopic (exact) mass is 317 g/mol. The molecule has 0 heterocycles. The van der Waals surface area contributed by atoms with E-state index in [-0.39, 0.29) is 30.9 Å². The van der Waals surface area contributed by atoms with Crippen LogP contribution in [0.2, 0.25) is 0 Å². The molecule has 0 aromatic heterocycles. The van der Waals surface area contributed by atoms with Crippen molar-refractivity contribution in [1.82, 2.24) is 5.32 Å². The highest BCUT2D eigenvalue weighted by Crippen LogP contribution is 2.32. The number of carboxylic acids is 1. The number of nitrogens with one attached hydrogen (secondary N) is 1. The summed E-state index contributed by atoms with van der Waals surface area (Å²) in [6.07, 6.45) is -3.57. The highest BCUT2D eigenvalue weighted by molar-refractivity contribution is 5.97. The van der Waals surface area contributed by atoms with E-state index in [2.05, 4.69) is 11.9 Å². The summed E-state index contributed by atoms with van der Waals surface area (Å²) in [6, 6.07) is 2.50. The number of carbonyl (C=O) groups is 2. The molecule has 0 aliphatic heterocycles. The first-order chi connectivity index (χ1) is 10.3. The van der Waals surface area contributed by atoms with Crippen molar-refractivity contribution in [3.05, 3.63) is 42.0 Å². The zero-order valence-electron chi connectivity index (χ0n) is 11.4. The van der Waals surface area contributed by atoms with Crippen LogP contribution in [0.15, 0.2) is 30.9 Å². The Morgan fingerprint density at radius 1 is 1.36 bits per heavy atom. The summed E-state index contributed by atoms with van der Waals surface area (Å²) in [4.78, 5) is 22.3. The molecule has 5 nitrogen and oxygen atoms in total. The van der Waals surface area contributed by atoms with Crippen molar-refractivity contribution in [3.8, 4) is 5.75 Å². The quantitative estimate of drug-likeness (QED) is 0.758. The maximum absolute atomic E-state index is 12.7. The fourth-order valence-electron chi connectivity index (χ4n) is 1.54. The fraction of sp³-hybridized carbons (Fsp3) is 0.286. The van der Waals surface area contributed by atoms with E-state index >= 15 is 0 Å². The lowest BCUT2D eigenvalue weighted by Crippen LogP contribution is -2.27. The molecular weight excluding hydrogens is 303 g/mol. The van der Waals surface area contributed by atoms with Crippen LogP contribution in [-0.4, -0.2) is 30.1 Å². The van der Waals surface area contributed by atoms with Crippen molar-refractivity contribution in [2.45, 2.75) is 12.6 Å². The summed E-state index contributed by atoms with van der Waals surface area (Å²) in [6.45, 7) is 3.22. The SMILES string of the molecule is C=CCOc1ccc(C(F)(F)F)cc1C(=O)NCCC(=O)O. The Balaban J connectivity index is 3.02. The van der Waals surface area contributed by atoms with Gasteiger partial charge in [-0.3, -0.25) is 9.59 Å². The van der Waals surface area contributed by atoms with Crippen LogP contribution in [0, 0.1) is 0 Å². The number of carboxylic acid groups (broad SMARTS) is 1. The third-order valence-electron chi connectivity index (χ3n) is 2.53. The van der Waals surface area contributed by atoms with Crippen molar-refractivity contribution in [2.24, 2.45) is 0 Å². The lowest BCUT2D eigenvalue weighted by atomic mass is 10.1. The first-order valence-corrected chi connectivity index (χ1v) is 6.20. The van der Waals surface area contributed by atoms with Gasteiger partial charge in [0.1, 0.15) is 12.4 Å². The van der Waals surface area contributed by atoms with Crippen LogP contribution in [0.1, 0.15) is 22.3 Å². The van der Waals surface area contributed by atoms with Crippen molar-refractivity contribution in [2.75, 3.05) is 13.2 Å². The molecule has 1 rings (SSSR count). The van der Waals surface area contributed by atoms with E-state index in [1.165, 1.54) is 6.08 Å². The van der Waals surface area contributed by atoms with E-state index in [0.717, 1.165) is 12.1 Å². The van der Waals surface area contributed by atoms with Gasteiger partial charge >= 0.3 is 12.1 Å². The van der Waals surface area contributed by atoms with Crippen molar-refractivity contribution >= 4 is 11.9 Å². The highest BCUT2D eigenvalue weighted by atomic mass is 19.4. The summed E-state index contributed by atoms with van der Waals surface area (Å²) in [5.41, 5.74) is -1.32. The fourth-order valence-corrected chi connectivity index (χ4v) is 1.54.